The van der Waals surface area contributed by atoms with Gasteiger partial charge >= 0.3 is 0 Å². The molecule has 1 aromatic rings. The van der Waals surface area contributed by atoms with E-state index in [2.05, 4.69) is 15.9 Å². The minimum atomic E-state index is 0.268. The average molecular weight is 228 g/mol. The lowest BCUT2D eigenvalue weighted by atomic mass is 10.1. The molecule has 0 spiro atoms. The normalized spacial score (nSPS) is 11.7. The summed E-state index contributed by atoms with van der Waals surface area (Å²) in [7, 11) is 0. The zero-order valence-electron chi connectivity index (χ0n) is 6.50. The smallest absolute Gasteiger partial charge is 0.115 e. The summed E-state index contributed by atoms with van der Waals surface area (Å²) in [5, 5.41) is 9.02. The Morgan fingerprint density at radius 1 is 1.42 bits per heavy atom. The van der Waals surface area contributed by atoms with E-state index in [1.165, 1.54) is 0 Å². The van der Waals surface area contributed by atoms with Crippen LogP contribution in [0.5, 0.6) is 5.75 Å². The lowest BCUT2D eigenvalue weighted by molar-refractivity contribution is 0.475. The number of benzene rings is 1. The highest BCUT2D eigenvalue weighted by atomic mass is 79.9. The van der Waals surface area contributed by atoms with Crippen LogP contribution >= 0.6 is 15.9 Å². The monoisotopic (exact) mass is 227 g/mol. The third-order valence-electron chi connectivity index (χ3n) is 1.59. The first-order chi connectivity index (χ1) is 5.77. The van der Waals surface area contributed by atoms with Crippen LogP contribution in [0.3, 0.4) is 0 Å². The maximum Gasteiger partial charge on any atom is 0.115 e. The van der Waals surface area contributed by atoms with Crippen molar-refractivity contribution in [1.82, 2.24) is 0 Å². The molecule has 0 atom stereocenters. The molecule has 0 bridgehead atoms. The van der Waals surface area contributed by atoms with E-state index >= 15 is 0 Å². The standard InChI is InChI=1S/C9H10BrNO/c10-5-8(6-11)7-1-3-9(12)4-2-7/h1-5,12H,6,11H2/b8-5-. The highest BCUT2D eigenvalue weighted by Gasteiger charge is 1.97. The van der Waals surface area contributed by atoms with Gasteiger partial charge in [0.05, 0.1) is 0 Å². The Morgan fingerprint density at radius 2 is 2.00 bits per heavy atom. The fourth-order valence-electron chi connectivity index (χ4n) is 0.901. The summed E-state index contributed by atoms with van der Waals surface area (Å²) in [4.78, 5) is 1.79. The van der Waals surface area contributed by atoms with Gasteiger partial charge in [-0.2, -0.15) is 0 Å². The largest absolute Gasteiger partial charge is 0.508 e. The van der Waals surface area contributed by atoms with E-state index < -0.39 is 0 Å². The molecule has 0 aromatic heterocycles. The summed E-state index contributed by atoms with van der Waals surface area (Å²) >= 11 is 3.23. The van der Waals surface area contributed by atoms with E-state index in [9.17, 15) is 0 Å². The molecule has 0 amide bonds. The van der Waals surface area contributed by atoms with E-state index in [0.29, 0.717) is 6.54 Å². The highest BCUT2D eigenvalue weighted by molar-refractivity contribution is 9.11. The van der Waals surface area contributed by atoms with Crippen LogP contribution in [0, 0.1) is 0 Å². The van der Waals surface area contributed by atoms with Crippen molar-refractivity contribution in [3.05, 3.63) is 34.8 Å². The van der Waals surface area contributed by atoms with Gasteiger partial charge in [-0.25, -0.2) is 0 Å². The number of halogens is 1. The van der Waals surface area contributed by atoms with Gasteiger partial charge < -0.3 is 10.8 Å². The van der Waals surface area contributed by atoms with Gasteiger partial charge in [0.2, 0.25) is 0 Å². The van der Waals surface area contributed by atoms with Crippen molar-refractivity contribution >= 4 is 21.5 Å². The van der Waals surface area contributed by atoms with Gasteiger partial charge in [0, 0.05) is 6.54 Å². The van der Waals surface area contributed by atoms with Gasteiger partial charge in [-0.3, -0.25) is 0 Å². The first-order valence-electron chi connectivity index (χ1n) is 3.56. The van der Waals surface area contributed by atoms with E-state index in [1.54, 1.807) is 17.1 Å². The Kier molecular flexibility index (Phi) is 3.31. The molecule has 12 heavy (non-hydrogen) atoms. The molecule has 0 saturated heterocycles. The van der Waals surface area contributed by atoms with E-state index in [1.807, 2.05) is 12.1 Å². The SMILES string of the molecule is NC/C(=C/Br)c1ccc(O)cc1. The lowest BCUT2D eigenvalue weighted by Gasteiger charge is -2.02. The Hall–Kier alpha value is -0.800. The molecule has 0 aliphatic carbocycles. The molecule has 3 N–H and O–H groups in total. The number of aromatic hydroxyl groups is 1. The topological polar surface area (TPSA) is 46.2 Å². The first kappa shape index (κ1) is 9.29. The summed E-state index contributed by atoms with van der Waals surface area (Å²) < 4.78 is 0. The minimum Gasteiger partial charge on any atom is -0.508 e. The Bertz CT molecular complexity index is 279. The van der Waals surface area contributed by atoms with Crippen LogP contribution in [0.25, 0.3) is 5.57 Å². The average Bonchev–Trinajstić information content (AvgIpc) is 2.10. The molecule has 0 fully saturated rings. The molecule has 0 aliphatic heterocycles. The van der Waals surface area contributed by atoms with Crippen LogP contribution in [0.15, 0.2) is 29.3 Å². The zero-order valence-corrected chi connectivity index (χ0v) is 8.08. The maximum absolute atomic E-state index is 9.02. The Labute approximate surface area is 79.8 Å². The number of phenols is 1. The quantitative estimate of drug-likeness (QED) is 0.813. The van der Waals surface area contributed by atoms with E-state index in [4.69, 9.17) is 10.8 Å². The van der Waals surface area contributed by atoms with Crippen LogP contribution < -0.4 is 5.73 Å². The number of rotatable bonds is 2. The third-order valence-corrected chi connectivity index (χ3v) is 2.14. The van der Waals surface area contributed by atoms with Gasteiger partial charge in [-0.1, -0.05) is 28.1 Å². The van der Waals surface area contributed by atoms with Crippen LogP contribution in [0.4, 0.5) is 0 Å². The molecule has 0 heterocycles. The minimum absolute atomic E-state index is 0.268. The molecule has 0 aliphatic rings. The fourth-order valence-corrected chi connectivity index (χ4v) is 1.35. The fraction of sp³-hybridized carbons (Fsp3) is 0.111. The lowest BCUT2D eigenvalue weighted by Crippen LogP contribution is -2.01. The maximum atomic E-state index is 9.02. The van der Waals surface area contributed by atoms with E-state index in [-0.39, 0.29) is 5.75 Å². The van der Waals surface area contributed by atoms with Crippen molar-refractivity contribution in [2.75, 3.05) is 6.54 Å². The summed E-state index contributed by atoms with van der Waals surface area (Å²) in [6, 6.07) is 6.94. The second kappa shape index (κ2) is 4.28. The number of phenolic OH excluding ortho intramolecular Hbond substituents is 1. The Morgan fingerprint density at radius 3 is 2.42 bits per heavy atom. The predicted molar refractivity (Wildman–Crippen MR) is 54.1 cm³/mol. The van der Waals surface area contributed by atoms with Crippen molar-refractivity contribution in [1.29, 1.82) is 0 Å². The van der Waals surface area contributed by atoms with Crippen LogP contribution in [-0.2, 0) is 0 Å². The molecule has 64 valence electrons. The summed E-state index contributed by atoms with van der Waals surface area (Å²) in [6.45, 7) is 0.482. The van der Waals surface area contributed by atoms with Gasteiger partial charge in [0.25, 0.3) is 0 Å². The summed E-state index contributed by atoms with van der Waals surface area (Å²) in [5.74, 6) is 0.268. The predicted octanol–water partition coefficient (Wildman–Crippen LogP) is 2.09. The van der Waals surface area contributed by atoms with Crippen LogP contribution in [-0.4, -0.2) is 11.7 Å². The zero-order chi connectivity index (χ0) is 8.97. The van der Waals surface area contributed by atoms with Gasteiger partial charge in [-0.15, -0.1) is 0 Å². The first-order valence-corrected chi connectivity index (χ1v) is 4.48. The highest BCUT2D eigenvalue weighted by Crippen LogP contribution is 2.17. The van der Waals surface area contributed by atoms with Crippen molar-refractivity contribution in [3.63, 3.8) is 0 Å². The molecule has 0 unspecified atom stereocenters. The molecule has 0 radical (unpaired) electrons. The van der Waals surface area contributed by atoms with Gasteiger partial charge in [0.15, 0.2) is 0 Å². The number of hydrogen-bond donors (Lipinski definition) is 2. The van der Waals surface area contributed by atoms with Crippen molar-refractivity contribution in [3.8, 4) is 5.75 Å². The van der Waals surface area contributed by atoms with E-state index in [0.717, 1.165) is 11.1 Å². The van der Waals surface area contributed by atoms with Crippen molar-refractivity contribution < 1.29 is 5.11 Å². The molecule has 1 aromatic carbocycles. The van der Waals surface area contributed by atoms with Crippen molar-refractivity contribution in [2.24, 2.45) is 5.73 Å². The molecule has 2 nitrogen and oxygen atoms in total. The van der Waals surface area contributed by atoms with Gasteiger partial charge in [0.1, 0.15) is 5.75 Å². The molecule has 1 rings (SSSR count). The number of hydrogen-bond acceptors (Lipinski definition) is 2. The van der Waals surface area contributed by atoms with Gasteiger partial charge in [-0.05, 0) is 28.3 Å². The Balaban J connectivity index is 2.96. The second-order valence-electron chi connectivity index (χ2n) is 2.39. The second-order valence-corrected chi connectivity index (χ2v) is 2.84. The summed E-state index contributed by atoms with van der Waals surface area (Å²) in [6.07, 6.45) is 0. The molecular formula is C9H10BrNO. The third kappa shape index (κ3) is 2.09. The molecular weight excluding hydrogens is 218 g/mol. The summed E-state index contributed by atoms with van der Waals surface area (Å²) in [5.41, 5.74) is 7.52. The molecule has 3 heteroatoms. The molecule has 0 saturated carbocycles. The number of nitrogens with two attached hydrogens (primary N) is 1. The van der Waals surface area contributed by atoms with Crippen LogP contribution in [0.1, 0.15) is 5.56 Å². The van der Waals surface area contributed by atoms with Crippen LogP contribution in [0.2, 0.25) is 0 Å². The van der Waals surface area contributed by atoms with Crippen molar-refractivity contribution in [2.45, 2.75) is 0 Å².